The number of hydrogen-bond acceptors (Lipinski definition) is 4. The second kappa shape index (κ2) is 7.37. The molecule has 96 valence electrons. The van der Waals surface area contributed by atoms with E-state index in [2.05, 4.69) is 22.2 Å². The summed E-state index contributed by atoms with van der Waals surface area (Å²) >= 11 is 1.69. The predicted molar refractivity (Wildman–Crippen MR) is 68.9 cm³/mol. The lowest BCUT2D eigenvalue weighted by Crippen LogP contribution is -2.42. The van der Waals surface area contributed by atoms with Crippen molar-refractivity contribution in [2.24, 2.45) is 0 Å². The minimum absolute atomic E-state index is 0.208. The van der Waals surface area contributed by atoms with Crippen LogP contribution in [0.25, 0.3) is 0 Å². The van der Waals surface area contributed by atoms with E-state index in [1.54, 1.807) is 11.8 Å². The van der Waals surface area contributed by atoms with Gasteiger partial charge in [0.2, 0.25) is 5.91 Å². The molecular weight excluding hydrogens is 238 g/mol. The third-order valence-electron chi connectivity index (χ3n) is 2.55. The molecule has 1 rings (SSSR count). The molecule has 5 heteroatoms. The van der Waals surface area contributed by atoms with Gasteiger partial charge in [0.25, 0.3) is 0 Å². The second-order valence-electron chi connectivity index (χ2n) is 4.01. The lowest BCUT2D eigenvalue weighted by Gasteiger charge is -2.19. The van der Waals surface area contributed by atoms with Crippen molar-refractivity contribution in [3.8, 4) is 0 Å². The molecule has 1 aliphatic rings. The number of allylic oxidation sites excluding steroid dienone is 1. The molecule has 0 aromatic carbocycles. The molecule has 0 saturated heterocycles. The molecule has 0 fully saturated rings. The van der Waals surface area contributed by atoms with Gasteiger partial charge in [-0.3, -0.25) is 4.79 Å². The number of hydrogen-bond donors (Lipinski definition) is 1. The number of ether oxygens (including phenoxy) is 1. The smallest absolute Gasteiger partial charge is 0.329 e. The first-order valence-corrected chi connectivity index (χ1v) is 6.81. The maximum absolute atomic E-state index is 11.5. The zero-order valence-corrected chi connectivity index (χ0v) is 11.1. The van der Waals surface area contributed by atoms with Crippen LogP contribution in [0.15, 0.2) is 12.2 Å². The lowest BCUT2D eigenvalue weighted by molar-refractivity contribution is -0.144. The van der Waals surface area contributed by atoms with Crippen LogP contribution >= 0.6 is 11.8 Å². The van der Waals surface area contributed by atoms with Crippen molar-refractivity contribution >= 4 is 23.6 Å². The van der Waals surface area contributed by atoms with Crippen LogP contribution in [0.1, 0.15) is 26.2 Å². The molecule has 4 nitrogen and oxygen atoms in total. The maximum atomic E-state index is 11.5. The monoisotopic (exact) mass is 257 g/mol. The Morgan fingerprint density at radius 1 is 1.59 bits per heavy atom. The van der Waals surface area contributed by atoms with Crippen molar-refractivity contribution in [2.75, 3.05) is 12.9 Å². The van der Waals surface area contributed by atoms with Crippen molar-refractivity contribution in [3.63, 3.8) is 0 Å². The van der Waals surface area contributed by atoms with Crippen molar-refractivity contribution < 1.29 is 14.3 Å². The molecule has 17 heavy (non-hydrogen) atoms. The summed E-state index contributed by atoms with van der Waals surface area (Å²) in [4.78, 5) is 22.4. The predicted octanol–water partition coefficient (Wildman–Crippen LogP) is 1.51. The van der Waals surface area contributed by atoms with E-state index in [1.807, 2.05) is 0 Å². The van der Waals surface area contributed by atoms with E-state index in [1.165, 1.54) is 20.5 Å². The Hall–Kier alpha value is -0.970. The molecule has 0 unspecified atom stereocenters. The number of methoxy groups -OCH3 is 1. The number of rotatable bonds is 5. The van der Waals surface area contributed by atoms with Crippen LogP contribution in [-0.4, -0.2) is 36.0 Å². The van der Waals surface area contributed by atoms with E-state index >= 15 is 0 Å². The Balaban J connectivity index is 2.42. The summed E-state index contributed by atoms with van der Waals surface area (Å²) in [6.45, 7) is 1.40. The van der Waals surface area contributed by atoms with Gasteiger partial charge in [-0.25, -0.2) is 4.79 Å². The second-order valence-corrected chi connectivity index (χ2v) is 5.28. The van der Waals surface area contributed by atoms with Crippen LogP contribution in [0.5, 0.6) is 0 Å². The highest BCUT2D eigenvalue weighted by Crippen LogP contribution is 2.23. The SMILES string of the molecule is COC(=O)[C@H](CS[C@H]1C=CCCC1)NC(C)=O. The standard InChI is InChI=1S/C12H19NO3S/c1-9(14)13-11(12(15)16-2)8-17-10-6-4-3-5-7-10/h4,6,10-11H,3,5,7-8H2,1-2H3,(H,13,14)/t10-,11-/m0/s1. The van der Waals surface area contributed by atoms with E-state index in [0.717, 1.165) is 12.8 Å². The molecule has 1 amide bonds. The Kier molecular flexibility index (Phi) is 6.11. The van der Waals surface area contributed by atoms with Gasteiger partial charge >= 0.3 is 5.97 Å². The maximum Gasteiger partial charge on any atom is 0.329 e. The fourth-order valence-electron chi connectivity index (χ4n) is 1.70. The van der Waals surface area contributed by atoms with Gasteiger partial charge in [-0.1, -0.05) is 12.2 Å². The summed E-state index contributed by atoms with van der Waals surface area (Å²) in [5.74, 6) is -0.0333. The van der Waals surface area contributed by atoms with E-state index in [0.29, 0.717) is 11.0 Å². The first-order valence-electron chi connectivity index (χ1n) is 5.76. The van der Waals surface area contributed by atoms with Crippen LogP contribution in [-0.2, 0) is 14.3 Å². The first-order chi connectivity index (χ1) is 8.13. The van der Waals surface area contributed by atoms with E-state index in [9.17, 15) is 9.59 Å². The van der Waals surface area contributed by atoms with Crippen LogP contribution in [0.4, 0.5) is 0 Å². The molecule has 0 aliphatic heterocycles. The van der Waals surface area contributed by atoms with Gasteiger partial charge in [-0.2, -0.15) is 11.8 Å². The molecule has 0 radical (unpaired) electrons. The highest BCUT2D eigenvalue weighted by molar-refractivity contribution is 8.00. The number of carbonyl (C=O) groups is 2. The van der Waals surface area contributed by atoms with Crippen molar-refractivity contribution in [2.45, 2.75) is 37.5 Å². The van der Waals surface area contributed by atoms with Gasteiger partial charge in [0.1, 0.15) is 6.04 Å². The van der Waals surface area contributed by atoms with Crippen LogP contribution in [0, 0.1) is 0 Å². The fourth-order valence-corrected chi connectivity index (χ4v) is 2.91. The van der Waals surface area contributed by atoms with E-state index in [-0.39, 0.29) is 11.9 Å². The molecule has 0 bridgehead atoms. The van der Waals surface area contributed by atoms with Gasteiger partial charge in [0.15, 0.2) is 0 Å². The molecule has 0 saturated carbocycles. The average molecular weight is 257 g/mol. The summed E-state index contributed by atoms with van der Waals surface area (Å²) in [5.41, 5.74) is 0. The van der Waals surface area contributed by atoms with Crippen molar-refractivity contribution in [1.29, 1.82) is 0 Å². The molecule has 0 aromatic heterocycles. The molecular formula is C12H19NO3S. The summed E-state index contributed by atoms with van der Waals surface area (Å²) in [6.07, 6.45) is 7.82. The zero-order chi connectivity index (χ0) is 12.7. The molecule has 2 atom stereocenters. The minimum Gasteiger partial charge on any atom is -0.467 e. The van der Waals surface area contributed by atoms with Gasteiger partial charge in [0, 0.05) is 17.9 Å². The third kappa shape index (κ3) is 5.26. The number of nitrogens with one attached hydrogen (secondary N) is 1. The van der Waals surface area contributed by atoms with Crippen molar-refractivity contribution in [1.82, 2.24) is 5.32 Å². The molecule has 1 N–H and O–H groups in total. The van der Waals surface area contributed by atoms with Crippen LogP contribution < -0.4 is 5.32 Å². The summed E-state index contributed by atoms with van der Waals surface area (Å²) in [5, 5.41) is 3.06. The topological polar surface area (TPSA) is 55.4 Å². The Morgan fingerprint density at radius 3 is 2.88 bits per heavy atom. The molecule has 0 heterocycles. The average Bonchev–Trinajstić information content (AvgIpc) is 2.34. The van der Waals surface area contributed by atoms with Crippen LogP contribution in [0.2, 0.25) is 0 Å². The number of carbonyl (C=O) groups excluding carboxylic acids is 2. The molecule has 0 aromatic rings. The molecule has 1 aliphatic carbocycles. The fraction of sp³-hybridized carbons (Fsp3) is 0.667. The highest BCUT2D eigenvalue weighted by Gasteiger charge is 2.21. The summed E-state index contributed by atoms with van der Waals surface area (Å²) in [6, 6.07) is -0.544. The number of amides is 1. The third-order valence-corrected chi connectivity index (χ3v) is 3.90. The van der Waals surface area contributed by atoms with E-state index in [4.69, 9.17) is 0 Å². The Morgan fingerprint density at radius 2 is 2.35 bits per heavy atom. The van der Waals surface area contributed by atoms with Gasteiger partial charge in [0.05, 0.1) is 7.11 Å². The number of thioether (sulfide) groups is 1. The Labute approximate surface area is 106 Å². The van der Waals surface area contributed by atoms with Crippen molar-refractivity contribution in [3.05, 3.63) is 12.2 Å². The molecule has 0 spiro atoms. The lowest BCUT2D eigenvalue weighted by atomic mass is 10.1. The normalized spacial score (nSPS) is 20.7. The van der Waals surface area contributed by atoms with Gasteiger partial charge in [-0.15, -0.1) is 0 Å². The van der Waals surface area contributed by atoms with Gasteiger partial charge in [-0.05, 0) is 19.3 Å². The quantitative estimate of drug-likeness (QED) is 0.599. The van der Waals surface area contributed by atoms with Gasteiger partial charge < -0.3 is 10.1 Å². The van der Waals surface area contributed by atoms with Crippen LogP contribution in [0.3, 0.4) is 0 Å². The summed E-state index contributed by atoms with van der Waals surface area (Å²) < 4.78 is 4.67. The minimum atomic E-state index is -0.544. The first kappa shape index (κ1) is 14.1. The largest absolute Gasteiger partial charge is 0.467 e. The Bertz CT molecular complexity index is 304. The number of esters is 1. The zero-order valence-electron chi connectivity index (χ0n) is 10.3. The highest BCUT2D eigenvalue weighted by atomic mass is 32.2. The summed E-state index contributed by atoms with van der Waals surface area (Å²) in [7, 11) is 1.34. The van der Waals surface area contributed by atoms with E-state index < -0.39 is 6.04 Å².